The molecule has 0 saturated carbocycles. The van der Waals surface area contributed by atoms with E-state index in [1.807, 2.05) is 35.0 Å². The summed E-state index contributed by atoms with van der Waals surface area (Å²) in [4.78, 5) is 16.4. The summed E-state index contributed by atoms with van der Waals surface area (Å²) in [5.74, 6) is 0.785. The molecular formula is C19H19N3O2. The van der Waals surface area contributed by atoms with Crippen LogP contribution in [-0.4, -0.2) is 28.1 Å². The Labute approximate surface area is 140 Å². The molecule has 0 aliphatic carbocycles. The Balaban J connectivity index is 1.35. The highest BCUT2D eigenvalue weighted by Gasteiger charge is 2.29. The molecule has 5 heteroatoms. The average molecular weight is 321 g/mol. The van der Waals surface area contributed by atoms with Crippen molar-refractivity contribution in [2.24, 2.45) is 0 Å². The van der Waals surface area contributed by atoms with Gasteiger partial charge in [-0.15, -0.1) is 0 Å². The van der Waals surface area contributed by atoms with Gasteiger partial charge in [0.2, 0.25) is 0 Å². The molecule has 2 heterocycles. The first-order valence-electron chi connectivity index (χ1n) is 8.22. The third-order valence-corrected chi connectivity index (χ3v) is 4.40. The summed E-state index contributed by atoms with van der Waals surface area (Å²) < 4.78 is 7.85. The van der Waals surface area contributed by atoms with Crippen LogP contribution in [0.25, 0.3) is 10.8 Å². The number of imidazole rings is 1. The van der Waals surface area contributed by atoms with Crippen molar-refractivity contribution in [1.82, 2.24) is 14.9 Å². The number of rotatable bonds is 5. The third kappa shape index (κ3) is 2.85. The van der Waals surface area contributed by atoms with E-state index in [1.165, 1.54) is 10.8 Å². The molecule has 1 aromatic heterocycles. The van der Waals surface area contributed by atoms with Crippen molar-refractivity contribution >= 4 is 16.7 Å². The third-order valence-electron chi connectivity index (χ3n) is 4.40. The predicted molar refractivity (Wildman–Crippen MR) is 91.9 cm³/mol. The summed E-state index contributed by atoms with van der Waals surface area (Å²) in [6, 6.07) is 12.2. The lowest BCUT2D eigenvalue weighted by molar-refractivity contribution is -0.127. The standard InChI is InChI=1S/C19H19N3O2/c23-19(21-8-3-10-22-11-9-20-13-22)18-12-16-15-5-2-1-4-14(15)6-7-17(16)24-18/h1-2,4-7,9,11,13,18H,3,8,10,12H2,(H,21,23)/t18-/m1/s1. The molecule has 1 aliphatic heterocycles. The Kier molecular flexibility index (Phi) is 3.91. The number of fused-ring (bicyclic) bond motifs is 3. The first kappa shape index (κ1) is 14.8. The van der Waals surface area contributed by atoms with Crippen LogP contribution >= 0.6 is 0 Å². The van der Waals surface area contributed by atoms with E-state index in [9.17, 15) is 4.79 Å². The Hall–Kier alpha value is -2.82. The molecule has 2 aromatic carbocycles. The zero-order valence-corrected chi connectivity index (χ0v) is 13.3. The number of nitrogens with zero attached hydrogens (tertiary/aromatic N) is 2. The van der Waals surface area contributed by atoms with Crippen LogP contribution in [0.1, 0.15) is 12.0 Å². The predicted octanol–water partition coefficient (Wildman–Crippen LogP) is 2.55. The van der Waals surface area contributed by atoms with Crippen LogP contribution in [0, 0.1) is 0 Å². The van der Waals surface area contributed by atoms with Crippen LogP contribution in [-0.2, 0) is 17.8 Å². The largest absolute Gasteiger partial charge is 0.480 e. The average Bonchev–Trinajstić information content (AvgIpc) is 3.28. The Bertz CT molecular complexity index is 858. The van der Waals surface area contributed by atoms with Crippen LogP contribution in [0.5, 0.6) is 5.75 Å². The van der Waals surface area contributed by atoms with Gasteiger partial charge in [-0.3, -0.25) is 4.79 Å². The van der Waals surface area contributed by atoms with Gasteiger partial charge in [-0.25, -0.2) is 4.98 Å². The summed E-state index contributed by atoms with van der Waals surface area (Å²) in [5.41, 5.74) is 1.13. The highest BCUT2D eigenvalue weighted by atomic mass is 16.5. The van der Waals surface area contributed by atoms with Gasteiger partial charge in [0, 0.05) is 37.5 Å². The molecule has 1 amide bonds. The molecule has 0 saturated heterocycles. The molecule has 1 atom stereocenters. The van der Waals surface area contributed by atoms with E-state index in [-0.39, 0.29) is 5.91 Å². The molecule has 122 valence electrons. The van der Waals surface area contributed by atoms with Gasteiger partial charge in [0.05, 0.1) is 6.33 Å². The van der Waals surface area contributed by atoms with Gasteiger partial charge in [0.25, 0.3) is 5.91 Å². The first-order valence-corrected chi connectivity index (χ1v) is 8.22. The molecule has 5 nitrogen and oxygen atoms in total. The number of aryl methyl sites for hydroxylation is 1. The number of carbonyl (C=O) groups excluding carboxylic acids is 1. The van der Waals surface area contributed by atoms with E-state index in [4.69, 9.17) is 4.74 Å². The van der Waals surface area contributed by atoms with Gasteiger partial charge >= 0.3 is 0 Å². The highest BCUT2D eigenvalue weighted by molar-refractivity contribution is 5.90. The lowest BCUT2D eigenvalue weighted by atomic mass is 10.0. The number of carbonyl (C=O) groups is 1. The van der Waals surface area contributed by atoms with Gasteiger partial charge in [-0.1, -0.05) is 30.3 Å². The van der Waals surface area contributed by atoms with E-state index in [2.05, 4.69) is 22.4 Å². The number of aromatic nitrogens is 2. The minimum atomic E-state index is -0.431. The number of benzene rings is 2. The van der Waals surface area contributed by atoms with E-state index in [0.29, 0.717) is 13.0 Å². The van der Waals surface area contributed by atoms with Crippen molar-refractivity contribution in [3.8, 4) is 5.75 Å². The minimum Gasteiger partial charge on any atom is -0.480 e. The number of hydrogen-bond donors (Lipinski definition) is 1. The Morgan fingerprint density at radius 1 is 1.29 bits per heavy atom. The Morgan fingerprint density at radius 2 is 2.21 bits per heavy atom. The minimum absolute atomic E-state index is 0.0408. The van der Waals surface area contributed by atoms with Crippen molar-refractivity contribution in [1.29, 1.82) is 0 Å². The highest BCUT2D eigenvalue weighted by Crippen LogP contribution is 2.34. The fourth-order valence-corrected chi connectivity index (χ4v) is 3.17. The fourth-order valence-electron chi connectivity index (χ4n) is 3.17. The van der Waals surface area contributed by atoms with Crippen molar-refractivity contribution in [2.75, 3.05) is 6.54 Å². The molecule has 0 fully saturated rings. The number of nitrogens with one attached hydrogen (secondary N) is 1. The van der Waals surface area contributed by atoms with Crippen molar-refractivity contribution in [3.63, 3.8) is 0 Å². The summed E-state index contributed by atoms with van der Waals surface area (Å²) in [7, 11) is 0. The van der Waals surface area contributed by atoms with E-state index in [1.54, 1.807) is 12.5 Å². The molecule has 0 spiro atoms. The first-order chi connectivity index (χ1) is 11.8. The molecule has 1 N–H and O–H groups in total. The number of amides is 1. The second-order valence-electron chi connectivity index (χ2n) is 6.02. The van der Waals surface area contributed by atoms with Gasteiger partial charge in [0.15, 0.2) is 6.10 Å². The van der Waals surface area contributed by atoms with Gasteiger partial charge in [-0.05, 0) is 23.3 Å². The molecule has 4 rings (SSSR count). The smallest absolute Gasteiger partial charge is 0.261 e. The molecule has 0 bridgehead atoms. The molecule has 1 aliphatic rings. The van der Waals surface area contributed by atoms with Crippen molar-refractivity contribution < 1.29 is 9.53 Å². The molecule has 24 heavy (non-hydrogen) atoms. The van der Waals surface area contributed by atoms with E-state index >= 15 is 0 Å². The van der Waals surface area contributed by atoms with Crippen molar-refractivity contribution in [2.45, 2.75) is 25.5 Å². The van der Waals surface area contributed by atoms with E-state index in [0.717, 1.165) is 24.3 Å². The topological polar surface area (TPSA) is 56.2 Å². The van der Waals surface area contributed by atoms with Gasteiger partial charge in [-0.2, -0.15) is 0 Å². The summed E-state index contributed by atoms with van der Waals surface area (Å²) in [5, 5.41) is 5.33. The summed E-state index contributed by atoms with van der Waals surface area (Å²) in [6.45, 7) is 1.48. The maximum atomic E-state index is 12.4. The molecule has 0 radical (unpaired) electrons. The number of ether oxygens (including phenoxy) is 1. The zero-order chi connectivity index (χ0) is 16.4. The number of hydrogen-bond acceptors (Lipinski definition) is 3. The quantitative estimate of drug-likeness (QED) is 0.735. The lowest BCUT2D eigenvalue weighted by Gasteiger charge is -2.11. The van der Waals surface area contributed by atoms with Gasteiger partial charge in [0.1, 0.15) is 5.75 Å². The Morgan fingerprint density at radius 3 is 3.08 bits per heavy atom. The van der Waals surface area contributed by atoms with Crippen LogP contribution in [0.15, 0.2) is 55.1 Å². The monoisotopic (exact) mass is 321 g/mol. The van der Waals surface area contributed by atoms with E-state index < -0.39 is 6.10 Å². The maximum Gasteiger partial charge on any atom is 0.261 e. The van der Waals surface area contributed by atoms with Crippen LogP contribution in [0.2, 0.25) is 0 Å². The molecular weight excluding hydrogens is 302 g/mol. The van der Waals surface area contributed by atoms with Crippen molar-refractivity contribution in [3.05, 3.63) is 60.7 Å². The normalized spacial score (nSPS) is 15.9. The zero-order valence-electron chi connectivity index (χ0n) is 13.3. The van der Waals surface area contributed by atoms with Crippen LogP contribution in [0.3, 0.4) is 0 Å². The molecule has 0 unspecified atom stereocenters. The summed E-state index contributed by atoms with van der Waals surface area (Å²) >= 11 is 0. The second kappa shape index (κ2) is 6.35. The SMILES string of the molecule is O=C(NCCCn1ccnc1)[C@H]1Cc2c(ccc3ccccc23)O1. The maximum absolute atomic E-state index is 12.4. The van der Waals surface area contributed by atoms with Crippen LogP contribution < -0.4 is 10.1 Å². The van der Waals surface area contributed by atoms with Crippen LogP contribution in [0.4, 0.5) is 0 Å². The fraction of sp³-hybridized carbons (Fsp3) is 0.263. The lowest BCUT2D eigenvalue weighted by Crippen LogP contribution is -2.38. The van der Waals surface area contributed by atoms with Gasteiger partial charge < -0.3 is 14.6 Å². The molecule has 3 aromatic rings. The summed E-state index contributed by atoms with van der Waals surface area (Å²) in [6.07, 6.45) is 6.52. The second-order valence-corrected chi connectivity index (χ2v) is 6.02.